The summed E-state index contributed by atoms with van der Waals surface area (Å²) in [5.74, 6) is 0. The number of ether oxygens (including phenoxy) is 1. The molecule has 0 aliphatic carbocycles. The maximum atomic E-state index is 12.3. The summed E-state index contributed by atoms with van der Waals surface area (Å²) in [5.41, 5.74) is 1.80. The second kappa shape index (κ2) is 9.24. The minimum absolute atomic E-state index is 0.228. The van der Waals surface area contributed by atoms with Gasteiger partial charge in [-0.2, -0.15) is 13.2 Å². The van der Waals surface area contributed by atoms with Gasteiger partial charge in [0, 0.05) is 0 Å². The summed E-state index contributed by atoms with van der Waals surface area (Å²) in [6, 6.07) is 17.4. The van der Waals surface area contributed by atoms with Gasteiger partial charge < -0.3 is 15.4 Å². The molecule has 0 heterocycles. The Labute approximate surface area is 150 Å². The third-order valence-corrected chi connectivity index (χ3v) is 3.55. The predicted octanol–water partition coefficient (Wildman–Crippen LogP) is 4.04. The maximum Gasteiger partial charge on any atom is 0.411 e. The molecule has 1 atom stereocenters. The third kappa shape index (κ3) is 6.76. The third-order valence-electron chi connectivity index (χ3n) is 3.55. The van der Waals surface area contributed by atoms with E-state index in [1.807, 2.05) is 60.7 Å². The number of urea groups is 1. The Bertz CT molecular complexity index is 639. The van der Waals surface area contributed by atoms with Crippen LogP contribution in [0.1, 0.15) is 24.1 Å². The van der Waals surface area contributed by atoms with Crippen LogP contribution in [0.3, 0.4) is 0 Å². The van der Waals surface area contributed by atoms with Gasteiger partial charge in [0.1, 0.15) is 6.61 Å². The standard InChI is InChI=1S/C19H21F3N2O2/c1-14(12-26-13-19(20,21)22)23-18(25)24-17(15-8-4-2-5-9-15)16-10-6-3-7-11-16/h2-11,14,17H,12-13H2,1H3,(H2,23,24,25). The molecule has 0 fully saturated rings. The van der Waals surface area contributed by atoms with E-state index in [2.05, 4.69) is 15.4 Å². The molecule has 0 aliphatic rings. The Hall–Kier alpha value is -2.54. The number of benzene rings is 2. The molecule has 0 bridgehead atoms. The lowest BCUT2D eigenvalue weighted by Gasteiger charge is -2.22. The van der Waals surface area contributed by atoms with Crippen molar-refractivity contribution in [1.29, 1.82) is 0 Å². The van der Waals surface area contributed by atoms with E-state index < -0.39 is 24.9 Å². The number of rotatable bonds is 7. The summed E-state index contributed by atoms with van der Waals surface area (Å²) in [4.78, 5) is 12.3. The highest BCUT2D eigenvalue weighted by Crippen LogP contribution is 2.21. The normalized spacial score (nSPS) is 12.7. The van der Waals surface area contributed by atoms with Crippen molar-refractivity contribution in [1.82, 2.24) is 10.6 Å². The zero-order valence-corrected chi connectivity index (χ0v) is 14.3. The molecule has 0 spiro atoms. The first kappa shape index (κ1) is 19.8. The van der Waals surface area contributed by atoms with E-state index in [1.165, 1.54) is 0 Å². The number of carbonyl (C=O) groups is 1. The van der Waals surface area contributed by atoms with Crippen LogP contribution in [0.25, 0.3) is 0 Å². The summed E-state index contributed by atoms with van der Waals surface area (Å²) >= 11 is 0. The smallest absolute Gasteiger partial charge is 0.370 e. The van der Waals surface area contributed by atoms with Gasteiger partial charge in [0.15, 0.2) is 0 Å². The fraction of sp³-hybridized carbons (Fsp3) is 0.316. The second-order valence-electron chi connectivity index (χ2n) is 5.90. The summed E-state index contributed by atoms with van der Waals surface area (Å²) in [5, 5.41) is 5.45. The van der Waals surface area contributed by atoms with Crippen LogP contribution in [-0.4, -0.2) is 31.5 Å². The van der Waals surface area contributed by atoms with Gasteiger partial charge in [-0.05, 0) is 18.1 Å². The van der Waals surface area contributed by atoms with Gasteiger partial charge >= 0.3 is 12.2 Å². The monoisotopic (exact) mass is 366 g/mol. The predicted molar refractivity (Wildman–Crippen MR) is 92.7 cm³/mol. The average Bonchev–Trinajstić information content (AvgIpc) is 2.60. The fourth-order valence-electron chi connectivity index (χ4n) is 2.44. The van der Waals surface area contributed by atoms with E-state index in [0.717, 1.165) is 11.1 Å². The SMILES string of the molecule is CC(COCC(F)(F)F)NC(=O)NC(c1ccccc1)c1ccccc1. The van der Waals surface area contributed by atoms with Gasteiger partial charge in [0.05, 0.1) is 18.7 Å². The highest BCUT2D eigenvalue weighted by Gasteiger charge is 2.27. The van der Waals surface area contributed by atoms with Crippen molar-refractivity contribution in [3.63, 3.8) is 0 Å². The summed E-state index contributed by atoms with van der Waals surface area (Å²) in [6.07, 6.45) is -4.38. The molecule has 2 rings (SSSR count). The molecule has 2 N–H and O–H groups in total. The summed E-state index contributed by atoms with van der Waals surface area (Å²) < 4.78 is 40.8. The van der Waals surface area contributed by atoms with Crippen molar-refractivity contribution in [2.24, 2.45) is 0 Å². The molecule has 7 heteroatoms. The van der Waals surface area contributed by atoms with Gasteiger partial charge in [0.25, 0.3) is 0 Å². The zero-order chi connectivity index (χ0) is 19.0. The number of hydrogen-bond donors (Lipinski definition) is 2. The molecule has 0 saturated heterocycles. The average molecular weight is 366 g/mol. The van der Waals surface area contributed by atoms with Crippen LogP contribution < -0.4 is 10.6 Å². The Morgan fingerprint density at radius 2 is 1.46 bits per heavy atom. The van der Waals surface area contributed by atoms with Crippen molar-refractivity contribution < 1.29 is 22.7 Å². The lowest BCUT2D eigenvalue weighted by atomic mass is 9.99. The molecule has 2 aromatic carbocycles. The first-order chi connectivity index (χ1) is 12.3. The molecule has 1 unspecified atom stereocenters. The quantitative estimate of drug-likeness (QED) is 0.777. The largest absolute Gasteiger partial charge is 0.411 e. The molecule has 0 aliphatic heterocycles. The molecule has 0 saturated carbocycles. The number of nitrogens with one attached hydrogen (secondary N) is 2. The summed E-state index contributed by atoms with van der Waals surface area (Å²) in [6.45, 7) is 0.0154. The highest BCUT2D eigenvalue weighted by atomic mass is 19.4. The Balaban J connectivity index is 1.97. The van der Waals surface area contributed by atoms with E-state index in [9.17, 15) is 18.0 Å². The number of carbonyl (C=O) groups excluding carboxylic acids is 1. The Morgan fingerprint density at radius 1 is 0.962 bits per heavy atom. The van der Waals surface area contributed by atoms with Crippen molar-refractivity contribution in [2.75, 3.05) is 13.2 Å². The van der Waals surface area contributed by atoms with Crippen LogP contribution in [0.5, 0.6) is 0 Å². The van der Waals surface area contributed by atoms with E-state index in [4.69, 9.17) is 0 Å². The molecule has 2 aromatic rings. The van der Waals surface area contributed by atoms with Crippen LogP contribution >= 0.6 is 0 Å². The molecular weight excluding hydrogens is 345 g/mol. The lowest BCUT2D eigenvalue weighted by Crippen LogP contribution is -2.44. The number of alkyl halides is 3. The lowest BCUT2D eigenvalue weighted by molar-refractivity contribution is -0.174. The first-order valence-corrected chi connectivity index (χ1v) is 8.16. The number of amides is 2. The van der Waals surface area contributed by atoms with E-state index >= 15 is 0 Å². The molecule has 140 valence electrons. The van der Waals surface area contributed by atoms with Crippen LogP contribution in [0.15, 0.2) is 60.7 Å². The summed E-state index contributed by atoms with van der Waals surface area (Å²) in [7, 11) is 0. The van der Waals surface area contributed by atoms with Gasteiger partial charge in [-0.3, -0.25) is 0 Å². The van der Waals surface area contributed by atoms with Crippen LogP contribution in [0.2, 0.25) is 0 Å². The minimum atomic E-state index is -4.38. The van der Waals surface area contributed by atoms with Crippen molar-refractivity contribution in [2.45, 2.75) is 25.2 Å². The molecule has 0 radical (unpaired) electrons. The molecule has 0 aromatic heterocycles. The number of halogens is 3. The van der Waals surface area contributed by atoms with Crippen LogP contribution in [-0.2, 0) is 4.74 Å². The van der Waals surface area contributed by atoms with Crippen molar-refractivity contribution in [3.05, 3.63) is 71.8 Å². The Kier molecular flexibility index (Phi) is 7.03. The van der Waals surface area contributed by atoms with Gasteiger partial charge in [-0.25, -0.2) is 4.79 Å². The van der Waals surface area contributed by atoms with Gasteiger partial charge in [-0.15, -0.1) is 0 Å². The molecule has 4 nitrogen and oxygen atoms in total. The van der Waals surface area contributed by atoms with Crippen LogP contribution in [0.4, 0.5) is 18.0 Å². The van der Waals surface area contributed by atoms with E-state index in [-0.39, 0.29) is 12.6 Å². The minimum Gasteiger partial charge on any atom is -0.370 e. The van der Waals surface area contributed by atoms with Crippen molar-refractivity contribution in [3.8, 4) is 0 Å². The second-order valence-corrected chi connectivity index (χ2v) is 5.90. The molecular formula is C19H21F3N2O2. The molecule has 2 amide bonds. The zero-order valence-electron chi connectivity index (χ0n) is 14.3. The van der Waals surface area contributed by atoms with Crippen LogP contribution in [0, 0.1) is 0 Å². The first-order valence-electron chi connectivity index (χ1n) is 8.16. The Morgan fingerprint density at radius 3 is 1.92 bits per heavy atom. The topological polar surface area (TPSA) is 50.4 Å². The van der Waals surface area contributed by atoms with Crippen molar-refractivity contribution >= 4 is 6.03 Å². The van der Waals surface area contributed by atoms with Gasteiger partial charge in [-0.1, -0.05) is 60.7 Å². The maximum absolute atomic E-state index is 12.3. The van der Waals surface area contributed by atoms with Gasteiger partial charge in [0.2, 0.25) is 0 Å². The highest BCUT2D eigenvalue weighted by molar-refractivity contribution is 5.75. The molecule has 26 heavy (non-hydrogen) atoms. The number of hydrogen-bond acceptors (Lipinski definition) is 2. The van der Waals surface area contributed by atoms with E-state index in [1.54, 1.807) is 6.92 Å². The van der Waals surface area contributed by atoms with E-state index in [0.29, 0.717) is 0 Å². The fourth-order valence-corrected chi connectivity index (χ4v) is 2.44.